The number of ether oxygens (including phenoxy) is 1. The number of fused-ring (bicyclic) bond motifs is 2. The zero-order valence-corrected chi connectivity index (χ0v) is 28.6. The topological polar surface area (TPSA) is 95.0 Å². The van der Waals surface area contributed by atoms with E-state index >= 15 is 0 Å². The van der Waals surface area contributed by atoms with Crippen LogP contribution in [0.15, 0.2) is 66.9 Å². The highest BCUT2D eigenvalue weighted by molar-refractivity contribution is 6.05. The Morgan fingerprint density at radius 1 is 0.885 bits per heavy atom. The van der Waals surface area contributed by atoms with Crippen molar-refractivity contribution in [3.8, 4) is 11.3 Å². The van der Waals surface area contributed by atoms with Crippen LogP contribution in [0.5, 0.6) is 0 Å². The Bertz CT molecular complexity index is 1960. The van der Waals surface area contributed by atoms with Gasteiger partial charge < -0.3 is 15.2 Å². The molecular weight excluding hydrogens is 683 g/mol. The van der Waals surface area contributed by atoms with Gasteiger partial charge in [-0.2, -0.15) is 13.2 Å². The summed E-state index contributed by atoms with van der Waals surface area (Å²) >= 11 is 0. The largest absolute Gasteiger partial charge is 0.480 e. The number of hydrogen-bond donors (Lipinski definition) is 2. The molecule has 4 heterocycles. The number of amides is 1. The third-order valence-electron chi connectivity index (χ3n) is 11.2. The van der Waals surface area contributed by atoms with Crippen molar-refractivity contribution >= 4 is 33.4 Å². The van der Waals surface area contributed by atoms with Crippen LogP contribution in [0.3, 0.4) is 0 Å². The highest BCUT2D eigenvalue weighted by Gasteiger charge is 2.62. The number of aliphatic carboxylic acids is 1. The van der Waals surface area contributed by atoms with Gasteiger partial charge in [-0.3, -0.25) is 19.6 Å². The summed E-state index contributed by atoms with van der Waals surface area (Å²) in [6.07, 6.45) is -1.48. The highest BCUT2D eigenvalue weighted by atomic mass is 19.4. The van der Waals surface area contributed by atoms with Crippen LogP contribution in [0.2, 0.25) is 0 Å². The van der Waals surface area contributed by atoms with Gasteiger partial charge in [0.2, 0.25) is 5.91 Å². The smallest absolute Gasteiger partial charge is 0.403 e. The molecule has 3 fully saturated rings. The van der Waals surface area contributed by atoms with Crippen LogP contribution in [0.1, 0.15) is 43.2 Å². The number of rotatable bonds is 9. The molecule has 0 spiro atoms. The average molecular weight is 725 g/mol. The lowest BCUT2D eigenvalue weighted by Crippen LogP contribution is -2.61. The Labute approximate surface area is 297 Å². The molecule has 4 aromatic rings. The van der Waals surface area contributed by atoms with Gasteiger partial charge in [-0.15, -0.1) is 0 Å². The lowest BCUT2D eigenvalue weighted by atomic mass is 9.76. The molecule has 2 atom stereocenters. The molecule has 0 aliphatic carbocycles. The molecule has 3 aliphatic rings. The number of pyridine rings is 1. The quantitative estimate of drug-likeness (QED) is 0.183. The Morgan fingerprint density at radius 3 is 2.21 bits per heavy atom. The number of carbonyl (C=O) groups is 2. The standard InChI is InChI=1S/C39H41F5N4O4/c40-38(41)24-52-23-33(38)48-19-14-37(15-20-48,39(42,43)44)36(51)46-32(35(49)50)21-25-7-4-10-29-27(25)9-6-12-31(29)34-30-11-5-8-26(28(30)13-16-45-34)22-47-17-2-1-3-18-47/h4-13,16,32-33H,1-3,14-15,17-24H2,(H,46,51)(H,49,50)/t32-,33+/m0/s1. The Morgan fingerprint density at radius 2 is 1.54 bits per heavy atom. The second kappa shape index (κ2) is 14.3. The molecule has 3 saturated heterocycles. The molecule has 0 unspecified atom stereocenters. The summed E-state index contributed by atoms with van der Waals surface area (Å²) < 4.78 is 77.4. The van der Waals surface area contributed by atoms with Gasteiger partial charge in [0.15, 0.2) is 0 Å². The molecule has 1 amide bonds. The van der Waals surface area contributed by atoms with Gasteiger partial charge in [-0.05, 0) is 72.1 Å². The maximum atomic E-state index is 14.6. The van der Waals surface area contributed by atoms with Gasteiger partial charge in [0.25, 0.3) is 5.92 Å². The van der Waals surface area contributed by atoms with Gasteiger partial charge in [-0.25, -0.2) is 13.6 Å². The van der Waals surface area contributed by atoms with Gasteiger partial charge in [0, 0.05) is 43.2 Å². The first-order valence-electron chi connectivity index (χ1n) is 17.8. The SMILES string of the molecule is O=C(O)[C@H](Cc1cccc2c(-c3nccc4c(CN5CCCCC5)cccc34)cccc12)NC(=O)C1(C(F)(F)F)CCN([C@@H]2COCC2(F)F)CC1. The fourth-order valence-corrected chi connectivity index (χ4v) is 8.21. The summed E-state index contributed by atoms with van der Waals surface area (Å²) in [5.74, 6) is -6.18. The molecular formula is C39H41F5N4O4. The number of nitrogens with zero attached hydrogens (tertiary/aromatic N) is 3. The lowest BCUT2D eigenvalue weighted by Gasteiger charge is -2.44. The van der Waals surface area contributed by atoms with Crippen molar-refractivity contribution < 1.29 is 41.4 Å². The summed E-state index contributed by atoms with van der Waals surface area (Å²) in [6.45, 7) is 1.000. The van der Waals surface area contributed by atoms with Gasteiger partial charge in [-0.1, -0.05) is 61.0 Å². The van der Waals surface area contributed by atoms with Crippen molar-refractivity contribution in [1.82, 2.24) is 20.1 Å². The van der Waals surface area contributed by atoms with E-state index in [2.05, 4.69) is 16.3 Å². The maximum Gasteiger partial charge on any atom is 0.403 e. The van der Waals surface area contributed by atoms with Crippen LogP contribution in [0.4, 0.5) is 22.0 Å². The van der Waals surface area contributed by atoms with E-state index in [9.17, 15) is 36.6 Å². The minimum atomic E-state index is -5.03. The van der Waals surface area contributed by atoms with Crippen molar-refractivity contribution in [2.24, 2.45) is 5.41 Å². The van der Waals surface area contributed by atoms with Crippen molar-refractivity contribution in [3.63, 3.8) is 0 Å². The van der Waals surface area contributed by atoms with Gasteiger partial charge in [0.1, 0.15) is 18.1 Å². The zero-order valence-electron chi connectivity index (χ0n) is 28.6. The molecule has 13 heteroatoms. The zero-order chi connectivity index (χ0) is 36.7. The number of carboxylic acid groups (broad SMARTS) is 1. The molecule has 52 heavy (non-hydrogen) atoms. The molecule has 1 aromatic heterocycles. The lowest BCUT2D eigenvalue weighted by molar-refractivity contribution is -0.235. The number of alkyl halides is 5. The molecule has 8 nitrogen and oxygen atoms in total. The van der Waals surface area contributed by atoms with Crippen molar-refractivity contribution in [3.05, 3.63) is 78.0 Å². The van der Waals surface area contributed by atoms with Crippen LogP contribution < -0.4 is 5.32 Å². The van der Waals surface area contributed by atoms with E-state index in [1.165, 1.54) is 29.7 Å². The number of carbonyl (C=O) groups excluding carboxylic acids is 1. The maximum absolute atomic E-state index is 14.6. The number of halogens is 5. The van der Waals surface area contributed by atoms with E-state index in [0.717, 1.165) is 47.1 Å². The fraction of sp³-hybridized carbons (Fsp3) is 0.462. The Hall–Kier alpha value is -4.20. The predicted molar refractivity (Wildman–Crippen MR) is 186 cm³/mol. The number of nitrogens with one attached hydrogen (secondary N) is 1. The van der Waals surface area contributed by atoms with Crippen molar-refractivity contribution in [1.29, 1.82) is 0 Å². The number of piperidine rings is 2. The van der Waals surface area contributed by atoms with Crippen LogP contribution in [0, 0.1) is 5.41 Å². The van der Waals surface area contributed by atoms with E-state index in [0.29, 0.717) is 10.9 Å². The van der Waals surface area contributed by atoms with Gasteiger partial charge >= 0.3 is 12.1 Å². The molecule has 0 radical (unpaired) electrons. The summed E-state index contributed by atoms with van der Waals surface area (Å²) in [7, 11) is 0. The Balaban J connectivity index is 1.15. The molecule has 2 N–H and O–H groups in total. The first-order valence-corrected chi connectivity index (χ1v) is 17.8. The van der Waals surface area contributed by atoms with Crippen molar-refractivity contribution in [2.75, 3.05) is 39.4 Å². The second-order valence-corrected chi connectivity index (χ2v) is 14.3. The van der Waals surface area contributed by atoms with Crippen LogP contribution in [0.25, 0.3) is 32.8 Å². The first-order chi connectivity index (χ1) is 24.9. The molecule has 7 rings (SSSR count). The molecule has 0 saturated carbocycles. The van der Waals surface area contributed by atoms with Crippen LogP contribution in [-0.2, 0) is 27.3 Å². The fourth-order valence-electron chi connectivity index (χ4n) is 8.21. The molecule has 3 aliphatic heterocycles. The molecule has 0 bridgehead atoms. The van der Waals surface area contributed by atoms with Crippen LogP contribution >= 0.6 is 0 Å². The third-order valence-corrected chi connectivity index (χ3v) is 11.2. The van der Waals surface area contributed by atoms with E-state index in [-0.39, 0.29) is 13.0 Å². The minimum absolute atomic E-state index is 0.281. The monoisotopic (exact) mass is 724 g/mol. The van der Waals surface area contributed by atoms with E-state index in [1.54, 1.807) is 18.3 Å². The molecule has 3 aromatic carbocycles. The number of benzene rings is 3. The first kappa shape index (κ1) is 36.2. The van der Waals surface area contributed by atoms with Gasteiger partial charge in [0.05, 0.1) is 18.3 Å². The highest BCUT2D eigenvalue weighted by Crippen LogP contribution is 2.48. The van der Waals surface area contributed by atoms with E-state index in [1.807, 2.05) is 42.5 Å². The molecule has 276 valence electrons. The van der Waals surface area contributed by atoms with Crippen LogP contribution in [-0.4, -0.2) is 95.3 Å². The normalized spacial score (nSPS) is 21.7. The number of likely N-dealkylation sites (tertiary alicyclic amines) is 2. The Kier molecular flexibility index (Phi) is 9.96. The van der Waals surface area contributed by atoms with E-state index in [4.69, 9.17) is 9.72 Å². The summed E-state index contributed by atoms with van der Waals surface area (Å²) in [4.78, 5) is 34.5. The average Bonchev–Trinajstić information content (AvgIpc) is 3.49. The minimum Gasteiger partial charge on any atom is -0.480 e. The number of hydrogen-bond acceptors (Lipinski definition) is 6. The second-order valence-electron chi connectivity index (χ2n) is 14.3. The summed E-state index contributed by atoms with van der Waals surface area (Å²) in [5.41, 5.74) is 0.376. The summed E-state index contributed by atoms with van der Waals surface area (Å²) in [5, 5.41) is 15.9. The number of aromatic nitrogens is 1. The van der Waals surface area contributed by atoms with Crippen molar-refractivity contribution in [2.45, 2.75) is 69.3 Å². The summed E-state index contributed by atoms with van der Waals surface area (Å²) in [6, 6.07) is 16.1. The predicted octanol–water partition coefficient (Wildman–Crippen LogP) is 6.83. The van der Waals surface area contributed by atoms with E-state index < -0.39 is 74.0 Å². The number of carboxylic acids is 1. The third kappa shape index (κ3) is 6.85.